The van der Waals surface area contributed by atoms with E-state index in [2.05, 4.69) is 35.8 Å². The molecule has 0 saturated heterocycles. The average Bonchev–Trinajstić information content (AvgIpc) is 3.29. The van der Waals surface area contributed by atoms with E-state index in [-0.39, 0.29) is 17.5 Å². The van der Waals surface area contributed by atoms with E-state index in [0.717, 1.165) is 42.2 Å². The monoisotopic (exact) mass is 368 g/mol. The lowest BCUT2D eigenvalue weighted by atomic mass is 9.84. The molecule has 0 radical (unpaired) electrons. The van der Waals surface area contributed by atoms with Gasteiger partial charge in [-0.1, -0.05) is 19.9 Å². The summed E-state index contributed by atoms with van der Waals surface area (Å²) in [6.07, 6.45) is 6.68. The number of nitrogens with zero attached hydrogens (tertiary/aromatic N) is 2. The second-order valence-electron chi connectivity index (χ2n) is 7.00. The van der Waals surface area contributed by atoms with Gasteiger partial charge in [0.1, 0.15) is 5.00 Å². The van der Waals surface area contributed by atoms with Crippen LogP contribution < -0.4 is 4.90 Å². The van der Waals surface area contributed by atoms with Crippen molar-refractivity contribution < 1.29 is 9.59 Å². The Kier molecular flexibility index (Phi) is 4.45. The molecule has 4 rings (SSSR count). The van der Waals surface area contributed by atoms with Crippen molar-refractivity contribution in [2.75, 3.05) is 31.1 Å². The van der Waals surface area contributed by atoms with Crippen LogP contribution in [-0.4, -0.2) is 42.6 Å². The summed E-state index contributed by atoms with van der Waals surface area (Å²) < 4.78 is 0. The van der Waals surface area contributed by atoms with E-state index in [4.69, 9.17) is 0 Å². The maximum absolute atomic E-state index is 12.2. The van der Waals surface area contributed by atoms with Gasteiger partial charge in [-0.2, -0.15) is 0 Å². The number of hydrogen-bond donors (Lipinski definition) is 0. The summed E-state index contributed by atoms with van der Waals surface area (Å²) in [4.78, 5) is 29.7. The molecule has 2 aliphatic carbocycles. The summed E-state index contributed by atoms with van der Waals surface area (Å²) in [7, 11) is 0. The third-order valence-electron chi connectivity index (χ3n) is 5.64. The van der Waals surface area contributed by atoms with Crippen LogP contribution in [-0.2, 0) is 4.79 Å². The second kappa shape index (κ2) is 6.63. The van der Waals surface area contributed by atoms with Gasteiger partial charge in [0.2, 0.25) is 0 Å². The first-order valence-corrected chi connectivity index (χ1v) is 10.2. The van der Waals surface area contributed by atoms with Crippen LogP contribution >= 0.6 is 11.3 Å². The number of anilines is 1. The third-order valence-corrected chi connectivity index (χ3v) is 6.91. The Labute approximate surface area is 158 Å². The Morgan fingerprint density at radius 3 is 2.77 bits per heavy atom. The summed E-state index contributed by atoms with van der Waals surface area (Å²) in [6.45, 7) is 9.95. The fraction of sp³-hybridized carbons (Fsp3) is 0.429. The molecule has 2 heterocycles. The van der Waals surface area contributed by atoms with Crippen LogP contribution in [0, 0.1) is 0 Å². The van der Waals surface area contributed by atoms with Gasteiger partial charge in [0.25, 0.3) is 0 Å². The second-order valence-corrected chi connectivity index (χ2v) is 8.03. The minimum absolute atomic E-state index is 0.109. The van der Waals surface area contributed by atoms with Gasteiger partial charge in [0, 0.05) is 36.3 Å². The van der Waals surface area contributed by atoms with Crippen molar-refractivity contribution in [1.29, 1.82) is 0 Å². The summed E-state index contributed by atoms with van der Waals surface area (Å²) in [5.74, 6) is 0.430. The molecule has 0 aromatic carbocycles. The molecule has 0 amide bonds. The van der Waals surface area contributed by atoms with Gasteiger partial charge in [-0.15, -0.1) is 11.3 Å². The fourth-order valence-electron chi connectivity index (χ4n) is 4.16. The van der Waals surface area contributed by atoms with Gasteiger partial charge in [0.05, 0.1) is 10.8 Å². The van der Waals surface area contributed by atoms with Crippen LogP contribution in [0.3, 0.4) is 0 Å². The smallest absolute Gasteiger partial charge is 0.169 e. The Balaban J connectivity index is 1.74. The number of rotatable bonds is 6. The van der Waals surface area contributed by atoms with Gasteiger partial charge in [-0.3, -0.25) is 9.59 Å². The molecule has 5 heteroatoms. The SMILES string of the molecule is CCN(CC)CCN1C2=CC=C3C(=O)CC=C3C2c2cc(C(C)=O)sc21. The molecule has 1 atom stereocenters. The molecule has 1 aromatic heterocycles. The van der Waals surface area contributed by atoms with Gasteiger partial charge in [-0.25, -0.2) is 0 Å². The number of hydrogen-bond acceptors (Lipinski definition) is 5. The Hall–Kier alpha value is -1.98. The van der Waals surface area contributed by atoms with E-state index in [1.165, 1.54) is 16.3 Å². The van der Waals surface area contributed by atoms with Crippen LogP contribution in [0.1, 0.15) is 48.3 Å². The highest BCUT2D eigenvalue weighted by Gasteiger charge is 2.42. The number of carbonyl (C=O) groups is 2. The van der Waals surface area contributed by atoms with Crippen molar-refractivity contribution in [2.24, 2.45) is 0 Å². The number of allylic oxidation sites excluding steroid dienone is 5. The maximum Gasteiger partial charge on any atom is 0.169 e. The van der Waals surface area contributed by atoms with Crippen molar-refractivity contribution in [3.63, 3.8) is 0 Å². The standard InChI is InChI=1S/C21H24N2O2S/c1-4-22(5-2)10-11-23-17-8-6-14-15(7-9-18(14)25)20(17)16-12-19(13(3)24)26-21(16)23/h6-8,12,20H,4-5,9-11H2,1-3H3. The van der Waals surface area contributed by atoms with Crippen molar-refractivity contribution in [2.45, 2.75) is 33.1 Å². The first kappa shape index (κ1) is 17.4. The van der Waals surface area contributed by atoms with Gasteiger partial charge in [-0.05, 0) is 43.8 Å². The zero-order valence-corrected chi connectivity index (χ0v) is 16.4. The molecule has 0 saturated carbocycles. The van der Waals surface area contributed by atoms with E-state index in [1.54, 1.807) is 18.3 Å². The van der Waals surface area contributed by atoms with E-state index in [1.807, 2.05) is 12.1 Å². The van der Waals surface area contributed by atoms with Gasteiger partial charge < -0.3 is 9.80 Å². The van der Waals surface area contributed by atoms with E-state index in [9.17, 15) is 9.59 Å². The van der Waals surface area contributed by atoms with Crippen LogP contribution in [0.5, 0.6) is 0 Å². The highest BCUT2D eigenvalue weighted by Crippen LogP contribution is 2.55. The molecule has 4 nitrogen and oxygen atoms in total. The van der Waals surface area contributed by atoms with Crippen molar-refractivity contribution in [1.82, 2.24) is 4.90 Å². The lowest BCUT2D eigenvalue weighted by Crippen LogP contribution is -2.34. The average molecular weight is 369 g/mol. The van der Waals surface area contributed by atoms with Crippen molar-refractivity contribution in [3.05, 3.63) is 51.6 Å². The molecular formula is C21H24N2O2S. The minimum atomic E-state index is 0.109. The normalized spacial score (nSPS) is 20.6. The maximum atomic E-state index is 12.2. The Bertz CT molecular complexity index is 871. The van der Waals surface area contributed by atoms with Crippen molar-refractivity contribution in [3.8, 4) is 0 Å². The Morgan fingerprint density at radius 1 is 1.31 bits per heavy atom. The van der Waals surface area contributed by atoms with Gasteiger partial charge in [0.15, 0.2) is 11.6 Å². The molecule has 0 spiro atoms. The number of likely N-dealkylation sites (N-methyl/N-ethyl adjacent to an activating group) is 1. The summed E-state index contributed by atoms with van der Waals surface area (Å²) in [5, 5.41) is 1.17. The molecule has 0 fully saturated rings. The highest BCUT2D eigenvalue weighted by atomic mass is 32.1. The highest BCUT2D eigenvalue weighted by molar-refractivity contribution is 7.18. The molecule has 26 heavy (non-hydrogen) atoms. The molecule has 0 N–H and O–H groups in total. The van der Waals surface area contributed by atoms with Crippen LogP contribution in [0.25, 0.3) is 0 Å². The fourth-order valence-corrected chi connectivity index (χ4v) is 5.30. The van der Waals surface area contributed by atoms with E-state index < -0.39 is 0 Å². The van der Waals surface area contributed by atoms with Crippen LogP contribution in [0.15, 0.2) is 41.1 Å². The molecular weight excluding hydrogens is 344 g/mol. The van der Waals surface area contributed by atoms with E-state index in [0.29, 0.717) is 6.42 Å². The topological polar surface area (TPSA) is 40.6 Å². The minimum Gasteiger partial charge on any atom is -0.334 e. The summed E-state index contributed by atoms with van der Waals surface area (Å²) in [6, 6.07) is 2.05. The molecule has 3 aliphatic rings. The largest absolute Gasteiger partial charge is 0.334 e. The first-order valence-electron chi connectivity index (χ1n) is 9.35. The summed E-state index contributed by atoms with van der Waals surface area (Å²) in [5.41, 5.74) is 4.42. The van der Waals surface area contributed by atoms with E-state index >= 15 is 0 Å². The zero-order valence-electron chi connectivity index (χ0n) is 15.5. The quantitative estimate of drug-likeness (QED) is 0.714. The first-order chi connectivity index (χ1) is 12.5. The predicted molar refractivity (Wildman–Crippen MR) is 106 cm³/mol. The molecule has 1 aliphatic heterocycles. The Morgan fingerprint density at radius 2 is 2.08 bits per heavy atom. The number of carbonyl (C=O) groups excluding carboxylic acids is 2. The summed E-state index contributed by atoms with van der Waals surface area (Å²) >= 11 is 1.59. The van der Waals surface area contributed by atoms with Crippen LogP contribution in [0.4, 0.5) is 5.00 Å². The molecule has 1 aromatic rings. The molecule has 1 unspecified atom stereocenters. The van der Waals surface area contributed by atoms with Gasteiger partial charge >= 0.3 is 0 Å². The van der Waals surface area contributed by atoms with Crippen LogP contribution in [0.2, 0.25) is 0 Å². The lowest BCUT2D eigenvalue weighted by molar-refractivity contribution is -0.114. The number of thiophene rings is 1. The number of Topliss-reactive ketones (excluding diaryl/α,β-unsaturated/α-hetero) is 2. The predicted octanol–water partition coefficient (Wildman–Crippen LogP) is 3.92. The third kappa shape index (κ3) is 2.61. The number of fused-ring (bicyclic) bond motifs is 5. The lowest BCUT2D eigenvalue weighted by Gasteiger charge is -2.28. The zero-order chi connectivity index (χ0) is 18.4. The number of ketones is 2. The molecule has 0 bridgehead atoms. The van der Waals surface area contributed by atoms with Crippen molar-refractivity contribution >= 4 is 27.9 Å². The molecule has 136 valence electrons.